The lowest BCUT2D eigenvalue weighted by molar-refractivity contribution is -0.120. The number of benzene rings is 1. The van der Waals surface area contributed by atoms with E-state index in [0.29, 0.717) is 12.1 Å². The second kappa shape index (κ2) is 12.3. The molecule has 1 aromatic rings. The zero-order chi connectivity index (χ0) is 18.4. The highest BCUT2D eigenvalue weighted by Crippen LogP contribution is 2.24. The van der Waals surface area contributed by atoms with Crippen LogP contribution in [0.5, 0.6) is 0 Å². The van der Waals surface area contributed by atoms with Gasteiger partial charge in [-0.3, -0.25) is 9.59 Å². The lowest BCUT2D eigenvalue weighted by Gasteiger charge is -2.25. The summed E-state index contributed by atoms with van der Waals surface area (Å²) in [6.07, 6.45) is 6.18. The molecule has 1 saturated heterocycles. The van der Waals surface area contributed by atoms with E-state index in [0.717, 1.165) is 51.0 Å². The van der Waals surface area contributed by atoms with Crippen LogP contribution in [0.4, 0.5) is 5.69 Å². The molecule has 28 heavy (non-hydrogen) atoms. The summed E-state index contributed by atoms with van der Waals surface area (Å²) in [6, 6.07) is 7.22. The third kappa shape index (κ3) is 7.24. The molecule has 2 atom stereocenters. The predicted molar refractivity (Wildman–Crippen MR) is 118 cm³/mol. The number of nitrogens with one attached hydrogen (secondary N) is 2. The SMILES string of the molecule is Cl.Cl.NC1CCCC(C(=O)Nc2ccc(C(=O)NCCN3CCCC3)cc2)C1. The van der Waals surface area contributed by atoms with Crippen molar-refractivity contribution in [3.05, 3.63) is 29.8 Å². The molecule has 2 amide bonds. The van der Waals surface area contributed by atoms with Crippen molar-refractivity contribution in [2.24, 2.45) is 11.7 Å². The molecule has 1 aliphatic carbocycles. The minimum Gasteiger partial charge on any atom is -0.351 e. The molecule has 158 valence electrons. The Bertz CT molecular complexity index is 621. The Morgan fingerprint density at radius 2 is 1.71 bits per heavy atom. The summed E-state index contributed by atoms with van der Waals surface area (Å²) >= 11 is 0. The maximum Gasteiger partial charge on any atom is 0.251 e. The van der Waals surface area contributed by atoms with E-state index in [9.17, 15) is 9.59 Å². The van der Waals surface area contributed by atoms with E-state index in [1.54, 1.807) is 24.3 Å². The molecule has 6 nitrogen and oxygen atoms in total. The summed E-state index contributed by atoms with van der Waals surface area (Å²) in [5.41, 5.74) is 7.30. The van der Waals surface area contributed by atoms with Crippen molar-refractivity contribution in [2.45, 2.75) is 44.6 Å². The molecule has 1 aliphatic heterocycles. The predicted octanol–water partition coefficient (Wildman–Crippen LogP) is 2.81. The molecule has 2 unspecified atom stereocenters. The number of hydrogen-bond acceptors (Lipinski definition) is 4. The van der Waals surface area contributed by atoms with Gasteiger partial charge in [-0.15, -0.1) is 24.8 Å². The minimum atomic E-state index is -0.0691. The summed E-state index contributed by atoms with van der Waals surface area (Å²) in [6.45, 7) is 3.84. The van der Waals surface area contributed by atoms with Crippen molar-refractivity contribution in [1.82, 2.24) is 10.2 Å². The van der Waals surface area contributed by atoms with E-state index in [1.807, 2.05) is 0 Å². The highest BCUT2D eigenvalue weighted by atomic mass is 35.5. The van der Waals surface area contributed by atoms with E-state index in [1.165, 1.54) is 12.8 Å². The zero-order valence-corrected chi connectivity index (χ0v) is 17.8. The molecule has 0 spiro atoms. The number of hydrogen-bond donors (Lipinski definition) is 3. The molecule has 4 N–H and O–H groups in total. The van der Waals surface area contributed by atoms with Gasteiger partial charge < -0.3 is 21.3 Å². The fourth-order valence-electron chi connectivity index (χ4n) is 3.85. The summed E-state index contributed by atoms with van der Waals surface area (Å²) in [4.78, 5) is 26.9. The Morgan fingerprint density at radius 1 is 1.04 bits per heavy atom. The maximum absolute atomic E-state index is 12.3. The van der Waals surface area contributed by atoms with Crippen molar-refractivity contribution in [1.29, 1.82) is 0 Å². The molecule has 2 fully saturated rings. The number of amides is 2. The Kier molecular flexibility index (Phi) is 10.8. The summed E-state index contributed by atoms with van der Waals surface area (Å²) < 4.78 is 0. The fraction of sp³-hybridized carbons (Fsp3) is 0.600. The second-order valence-corrected chi connectivity index (χ2v) is 7.49. The number of likely N-dealkylation sites (tertiary alicyclic amines) is 1. The normalized spacial score (nSPS) is 21.9. The van der Waals surface area contributed by atoms with E-state index in [4.69, 9.17) is 5.73 Å². The maximum atomic E-state index is 12.3. The number of halogens is 2. The second-order valence-electron chi connectivity index (χ2n) is 7.49. The first kappa shape index (κ1) is 24.7. The third-order valence-electron chi connectivity index (χ3n) is 5.41. The molecule has 0 bridgehead atoms. The van der Waals surface area contributed by atoms with Crippen LogP contribution in [0.15, 0.2) is 24.3 Å². The Morgan fingerprint density at radius 3 is 2.36 bits per heavy atom. The highest BCUT2D eigenvalue weighted by Gasteiger charge is 2.25. The van der Waals surface area contributed by atoms with Gasteiger partial charge in [0.25, 0.3) is 5.91 Å². The number of anilines is 1. The largest absolute Gasteiger partial charge is 0.351 e. The van der Waals surface area contributed by atoms with Crippen LogP contribution in [0.2, 0.25) is 0 Å². The van der Waals surface area contributed by atoms with Gasteiger partial charge in [-0.1, -0.05) is 6.42 Å². The van der Waals surface area contributed by atoms with Gasteiger partial charge in [-0.05, 0) is 69.5 Å². The molecular formula is C20H32Cl2N4O2. The van der Waals surface area contributed by atoms with Crippen LogP contribution in [0, 0.1) is 5.92 Å². The van der Waals surface area contributed by atoms with Gasteiger partial charge in [0, 0.05) is 36.3 Å². The first-order valence-corrected chi connectivity index (χ1v) is 9.79. The topological polar surface area (TPSA) is 87.5 Å². The molecule has 3 rings (SSSR count). The van der Waals surface area contributed by atoms with Crippen molar-refractivity contribution in [3.63, 3.8) is 0 Å². The molecule has 8 heteroatoms. The summed E-state index contributed by atoms with van der Waals surface area (Å²) in [5.74, 6) is -0.0457. The third-order valence-corrected chi connectivity index (χ3v) is 5.41. The standard InChI is InChI=1S/C20H30N4O2.2ClH/c21-17-5-3-4-16(14-17)20(26)23-18-8-6-15(7-9-18)19(25)22-10-13-24-11-1-2-12-24;;/h6-9,16-17H,1-5,10-14,21H2,(H,22,25)(H,23,26);2*1H. The highest BCUT2D eigenvalue weighted by molar-refractivity contribution is 5.96. The van der Waals surface area contributed by atoms with Gasteiger partial charge in [0.2, 0.25) is 5.91 Å². The summed E-state index contributed by atoms with van der Waals surface area (Å²) in [5, 5.41) is 5.91. The number of rotatable bonds is 6. The molecule has 1 aromatic carbocycles. The van der Waals surface area contributed by atoms with Crippen molar-refractivity contribution in [2.75, 3.05) is 31.5 Å². The first-order valence-electron chi connectivity index (χ1n) is 9.79. The smallest absolute Gasteiger partial charge is 0.251 e. The van der Waals surface area contributed by atoms with Crippen molar-refractivity contribution < 1.29 is 9.59 Å². The molecule has 2 aliphatic rings. The van der Waals surface area contributed by atoms with Gasteiger partial charge in [0.1, 0.15) is 0 Å². The first-order chi connectivity index (χ1) is 12.6. The van der Waals surface area contributed by atoms with E-state index < -0.39 is 0 Å². The lowest BCUT2D eigenvalue weighted by atomic mass is 9.85. The van der Waals surface area contributed by atoms with Crippen LogP contribution in [0.1, 0.15) is 48.9 Å². The number of carbonyl (C=O) groups excluding carboxylic acids is 2. The average molecular weight is 431 g/mol. The molecule has 1 heterocycles. The van der Waals surface area contributed by atoms with Crippen LogP contribution in [0.25, 0.3) is 0 Å². The number of nitrogens with zero attached hydrogens (tertiary/aromatic N) is 1. The Labute approximate surface area is 179 Å². The zero-order valence-electron chi connectivity index (χ0n) is 16.2. The molecule has 0 radical (unpaired) electrons. The van der Waals surface area contributed by atoms with Crippen LogP contribution in [0.3, 0.4) is 0 Å². The van der Waals surface area contributed by atoms with Crippen LogP contribution < -0.4 is 16.4 Å². The molecule has 0 aromatic heterocycles. The van der Waals surface area contributed by atoms with Crippen LogP contribution in [-0.2, 0) is 4.79 Å². The Balaban J connectivity index is 0.00000196. The molecular weight excluding hydrogens is 399 g/mol. The summed E-state index contributed by atoms with van der Waals surface area (Å²) in [7, 11) is 0. The van der Waals surface area contributed by atoms with Gasteiger partial charge in [0.15, 0.2) is 0 Å². The monoisotopic (exact) mass is 430 g/mol. The fourth-order valence-corrected chi connectivity index (χ4v) is 3.85. The van der Waals surface area contributed by atoms with E-state index in [-0.39, 0.29) is 48.6 Å². The van der Waals surface area contributed by atoms with Gasteiger partial charge >= 0.3 is 0 Å². The van der Waals surface area contributed by atoms with E-state index >= 15 is 0 Å². The van der Waals surface area contributed by atoms with Crippen molar-refractivity contribution in [3.8, 4) is 0 Å². The Hall–Kier alpha value is -1.34. The van der Waals surface area contributed by atoms with Gasteiger partial charge in [-0.2, -0.15) is 0 Å². The van der Waals surface area contributed by atoms with E-state index in [2.05, 4.69) is 15.5 Å². The van der Waals surface area contributed by atoms with Gasteiger partial charge in [0.05, 0.1) is 0 Å². The minimum absolute atomic E-state index is 0. The number of carbonyl (C=O) groups is 2. The van der Waals surface area contributed by atoms with Crippen LogP contribution in [-0.4, -0.2) is 48.9 Å². The molecule has 1 saturated carbocycles. The van der Waals surface area contributed by atoms with Gasteiger partial charge in [-0.25, -0.2) is 0 Å². The lowest BCUT2D eigenvalue weighted by Crippen LogP contribution is -2.34. The quantitative estimate of drug-likeness (QED) is 0.647. The van der Waals surface area contributed by atoms with Crippen molar-refractivity contribution >= 4 is 42.3 Å². The number of nitrogens with two attached hydrogens (primary N) is 1. The average Bonchev–Trinajstić information content (AvgIpc) is 3.15. The van der Waals surface area contributed by atoms with Crippen LogP contribution >= 0.6 is 24.8 Å².